The van der Waals surface area contributed by atoms with Crippen LogP contribution >= 0.6 is 0 Å². The van der Waals surface area contributed by atoms with E-state index in [0.29, 0.717) is 32.1 Å². The molecule has 0 radical (unpaired) electrons. The third-order valence-electron chi connectivity index (χ3n) is 4.47. The van der Waals surface area contributed by atoms with Crippen LogP contribution in [-0.4, -0.2) is 60.0 Å². The van der Waals surface area contributed by atoms with Crippen LogP contribution < -0.4 is 0 Å². The zero-order valence-electron chi connectivity index (χ0n) is 13.7. The number of likely N-dealkylation sites (tertiary alicyclic amines) is 1. The Bertz CT molecular complexity index is 513. The Balaban J connectivity index is 1.40. The zero-order chi connectivity index (χ0) is 16.1. The highest BCUT2D eigenvalue weighted by Crippen LogP contribution is 2.25. The number of carbonyl (C=O) groups is 1. The van der Waals surface area contributed by atoms with Gasteiger partial charge in [-0.25, -0.2) is 0 Å². The van der Waals surface area contributed by atoms with E-state index in [9.17, 15) is 4.79 Å². The Morgan fingerprint density at radius 2 is 2.30 bits per heavy atom. The first-order valence-corrected chi connectivity index (χ1v) is 8.49. The number of ether oxygens (including phenoxy) is 2. The van der Waals surface area contributed by atoms with Crippen LogP contribution in [0.3, 0.4) is 0 Å². The molecule has 0 saturated carbocycles. The number of hydrogen-bond acceptors (Lipinski definition) is 6. The fourth-order valence-electron chi connectivity index (χ4n) is 3.20. The maximum Gasteiger partial charge on any atom is 0.224 e. The number of nitrogens with zero attached hydrogens (tertiary/aromatic N) is 3. The molecule has 1 aromatic heterocycles. The van der Waals surface area contributed by atoms with E-state index in [4.69, 9.17) is 14.0 Å². The van der Waals surface area contributed by atoms with Crippen molar-refractivity contribution in [3.05, 3.63) is 11.7 Å². The second-order valence-corrected chi connectivity index (χ2v) is 6.31. The largest absolute Gasteiger partial charge is 0.378 e. The van der Waals surface area contributed by atoms with Gasteiger partial charge in [0.1, 0.15) is 0 Å². The number of hydrogen-bond donors (Lipinski definition) is 0. The molecule has 1 amide bonds. The van der Waals surface area contributed by atoms with Crippen molar-refractivity contribution in [3.8, 4) is 0 Å². The number of amides is 1. The molecule has 2 atom stereocenters. The van der Waals surface area contributed by atoms with Crippen molar-refractivity contribution in [2.45, 2.75) is 51.0 Å². The summed E-state index contributed by atoms with van der Waals surface area (Å²) in [5, 5.41) is 3.99. The molecule has 2 aliphatic heterocycles. The van der Waals surface area contributed by atoms with Crippen molar-refractivity contribution in [2.24, 2.45) is 0 Å². The lowest BCUT2D eigenvalue weighted by molar-refractivity contribution is -0.133. The van der Waals surface area contributed by atoms with Gasteiger partial charge in [-0.05, 0) is 25.7 Å². The number of aryl methyl sites for hydroxylation is 1. The third kappa shape index (κ3) is 4.51. The van der Waals surface area contributed by atoms with E-state index in [1.165, 1.54) is 0 Å². The molecule has 7 heteroatoms. The quantitative estimate of drug-likeness (QED) is 0.741. The summed E-state index contributed by atoms with van der Waals surface area (Å²) in [5.41, 5.74) is 0. The van der Waals surface area contributed by atoms with Crippen LogP contribution in [0.15, 0.2) is 4.52 Å². The summed E-state index contributed by atoms with van der Waals surface area (Å²) in [4.78, 5) is 18.5. The first-order valence-electron chi connectivity index (χ1n) is 8.49. The van der Waals surface area contributed by atoms with E-state index in [-0.39, 0.29) is 17.9 Å². The Morgan fingerprint density at radius 3 is 3.04 bits per heavy atom. The average Bonchev–Trinajstić information content (AvgIpc) is 3.23. The number of piperidine rings is 1. The molecule has 0 spiro atoms. The number of carbonyl (C=O) groups excluding carboxylic acids is 1. The molecule has 0 N–H and O–H groups in total. The molecule has 2 fully saturated rings. The van der Waals surface area contributed by atoms with Crippen LogP contribution in [0, 0.1) is 6.92 Å². The van der Waals surface area contributed by atoms with Gasteiger partial charge in [0.15, 0.2) is 5.82 Å². The van der Waals surface area contributed by atoms with Gasteiger partial charge in [0.05, 0.1) is 25.7 Å². The van der Waals surface area contributed by atoms with Gasteiger partial charge in [0.25, 0.3) is 0 Å². The molecule has 1 aromatic rings. The highest BCUT2D eigenvalue weighted by atomic mass is 16.5. The molecule has 23 heavy (non-hydrogen) atoms. The summed E-state index contributed by atoms with van der Waals surface area (Å²) < 4.78 is 16.1. The van der Waals surface area contributed by atoms with E-state index >= 15 is 0 Å². The normalized spacial score (nSPS) is 25.0. The van der Waals surface area contributed by atoms with Crippen molar-refractivity contribution in [1.29, 1.82) is 0 Å². The van der Waals surface area contributed by atoms with Crippen LogP contribution in [0.4, 0.5) is 0 Å². The number of aromatic nitrogens is 2. The molecule has 2 aliphatic rings. The van der Waals surface area contributed by atoms with E-state index < -0.39 is 0 Å². The van der Waals surface area contributed by atoms with Gasteiger partial charge in [-0.3, -0.25) is 4.79 Å². The predicted octanol–water partition coefficient (Wildman–Crippen LogP) is 1.67. The van der Waals surface area contributed by atoms with Gasteiger partial charge >= 0.3 is 0 Å². The molecule has 0 bridgehead atoms. The SMILES string of the molecule is Cc1nc([C@@H]2CCCN(C(=O)CCOC[C@@H]3CCCO3)C2)no1. The van der Waals surface area contributed by atoms with E-state index in [1.807, 2.05) is 4.90 Å². The first-order chi connectivity index (χ1) is 11.2. The summed E-state index contributed by atoms with van der Waals surface area (Å²) in [6, 6.07) is 0. The average molecular weight is 323 g/mol. The van der Waals surface area contributed by atoms with Crippen LogP contribution in [-0.2, 0) is 14.3 Å². The molecule has 0 aromatic carbocycles. The lowest BCUT2D eigenvalue weighted by atomic mass is 9.97. The predicted molar refractivity (Wildman–Crippen MR) is 82.0 cm³/mol. The Kier molecular flexibility index (Phi) is 5.61. The van der Waals surface area contributed by atoms with Gasteiger partial charge < -0.3 is 18.9 Å². The molecule has 3 rings (SSSR count). The van der Waals surface area contributed by atoms with Gasteiger partial charge in [-0.1, -0.05) is 5.16 Å². The molecule has 128 valence electrons. The summed E-state index contributed by atoms with van der Waals surface area (Å²) in [7, 11) is 0. The Morgan fingerprint density at radius 1 is 1.39 bits per heavy atom. The van der Waals surface area contributed by atoms with Crippen LogP contribution in [0.2, 0.25) is 0 Å². The molecule has 0 unspecified atom stereocenters. The molecule has 7 nitrogen and oxygen atoms in total. The minimum absolute atomic E-state index is 0.141. The highest BCUT2D eigenvalue weighted by molar-refractivity contribution is 5.76. The van der Waals surface area contributed by atoms with Crippen LogP contribution in [0.1, 0.15) is 49.7 Å². The second kappa shape index (κ2) is 7.88. The standard InChI is InChI=1S/C16H25N3O4/c1-12-17-16(18-23-12)13-4-2-7-19(10-13)15(20)6-9-21-11-14-5-3-8-22-14/h13-14H,2-11H2,1H3/t13-,14+/m1/s1. The third-order valence-corrected chi connectivity index (χ3v) is 4.47. The van der Waals surface area contributed by atoms with Gasteiger partial charge in [-0.15, -0.1) is 0 Å². The van der Waals surface area contributed by atoms with Crippen molar-refractivity contribution in [1.82, 2.24) is 15.0 Å². The molecule has 3 heterocycles. The Labute approximate surface area is 136 Å². The summed E-state index contributed by atoms with van der Waals surface area (Å²) in [6.45, 7) is 5.14. The molecule has 2 saturated heterocycles. The van der Waals surface area contributed by atoms with E-state index in [2.05, 4.69) is 10.1 Å². The van der Waals surface area contributed by atoms with Crippen molar-refractivity contribution < 1.29 is 18.8 Å². The van der Waals surface area contributed by atoms with Crippen molar-refractivity contribution in [3.63, 3.8) is 0 Å². The fourth-order valence-corrected chi connectivity index (χ4v) is 3.20. The van der Waals surface area contributed by atoms with E-state index in [1.54, 1.807) is 6.92 Å². The maximum atomic E-state index is 12.3. The Hall–Kier alpha value is -1.47. The minimum atomic E-state index is 0.141. The van der Waals surface area contributed by atoms with Crippen LogP contribution in [0.25, 0.3) is 0 Å². The maximum absolute atomic E-state index is 12.3. The van der Waals surface area contributed by atoms with Gasteiger partial charge in [0.2, 0.25) is 11.8 Å². The van der Waals surface area contributed by atoms with Crippen molar-refractivity contribution in [2.75, 3.05) is 32.9 Å². The molecular weight excluding hydrogens is 298 g/mol. The van der Waals surface area contributed by atoms with Crippen LogP contribution in [0.5, 0.6) is 0 Å². The minimum Gasteiger partial charge on any atom is -0.378 e. The van der Waals surface area contributed by atoms with Crippen molar-refractivity contribution >= 4 is 5.91 Å². The summed E-state index contributed by atoms with van der Waals surface area (Å²) in [6.07, 6.45) is 4.78. The summed E-state index contributed by atoms with van der Waals surface area (Å²) in [5.74, 6) is 1.61. The lowest BCUT2D eigenvalue weighted by Crippen LogP contribution is -2.39. The number of rotatable bonds is 6. The smallest absolute Gasteiger partial charge is 0.224 e. The lowest BCUT2D eigenvalue weighted by Gasteiger charge is -2.31. The topological polar surface area (TPSA) is 77.7 Å². The molecule has 0 aliphatic carbocycles. The fraction of sp³-hybridized carbons (Fsp3) is 0.812. The zero-order valence-corrected chi connectivity index (χ0v) is 13.7. The monoisotopic (exact) mass is 323 g/mol. The first kappa shape index (κ1) is 16.4. The second-order valence-electron chi connectivity index (χ2n) is 6.31. The van der Waals surface area contributed by atoms with Gasteiger partial charge in [-0.2, -0.15) is 4.98 Å². The van der Waals surface area contributed by atoms with Gasteiger partial charge in [0, 0.05) is 32.5 Å². The summed E-state index contributed by atoms with van der Waals surface area (Å²) >= 11 is 0. The highest BCUT2D eigenvalue weighted by Gasteiger charge is 2.27. The van der Waals surface area contributed by atoms with E-state index in [0.717, 1.165) is 44.7 Å². The molecular formula is C16H25N3O4.